The maximum absolute atomic E-state index is 14.6. The Morgan fingerprint density at radius 2 is 1.50 bits per heavy atom. The number of nitrogens with zero attached hydrogens (tertiary/aromatic N) is 3. The van der Waals surface area contributed by atoms with Gasteiger partial charge in [-0.2, -0.15) is 0 Å². The summed E-state index contributed by atoms with van der Waals surface area (Å²) in [7, 11) is 0. The van der Waals surface area contributed by atoms with E-state index < -0.39 is 41.3 Å². The molecular weight excluding hydrogens is 502 g/mol. The molecular formula is C30H26ClN3O4. The Bertz CT molecular complexity index is 1460. The zero-order chi connectivity index (χ0) is 26.8. The maximum atomic E-state index is 14.6. The van der Waals surface area contributed by atoms with E-state index in [1.54, 1.807) is 55.5 Å². The Hall–Kier alpha value is -3.97. The molecule has 0 spiro atoms. The Labute approximate surface area is 225 Å². The van der Waals surface area contributed by atoms with Crippen LogP contribution < -0.4 is 4.90 Å². The van der Waals surface area contributed by atoms with Gasteiger partial charge in [0.2, 0.25) is 11.8 Å². The molecule has 3 aliphatic rings. The van der Waals surface area contributed by atoms with E-state index >= 15 is 0 Å². The Balaban J connectivity index is 1.61. The van der Waals surface area contributed by atoms with Gasteiger partial charge in [0, 0.05) is 18.0 Å². The van der Waals surface area contributed by atoms with E-state index in [2.05, 4.69) is 0 Å². The lowest BCUT2D eigenvalue weighted by atomic mass is 9.75. The molecule has 3 fully saturated rings. The van der Waals surface area contributed by atoms with Crippen LogP contribution in [0.15, 0.2) is 78.9 Å². The molecule has 3 saturated heterocycles. The molecule has 7 nitrogen and oxygen atoms in total. The van der Waals surface area contributed by atoms with Gasteiger partial charge in [0.15, 0.2) is 0 Å². The Kier molecular flexibility index (Phi) is 5.65. The van der Waals surface area contributed by atoms with Crippen LogP contribution in [0.3, 0.4) is 0 Å². The number of hydrogen-bond donors (Lipinski definition) is 0. The second kappa shape index (κ2) is 8.81. The zero-order valence-electron chi connectivity index (χ0n) is 21.0. The van der Waals surface area contributed by atoms with E-state index in [1.165, 1.54) is 14.7 Å². The van der Waals surface area contributed by atoms with Gasteiger partial charge in [0.25, 0.3) is 5.91 Å². The summed E-state index contributed by atoms with van der Waals surface area (Å²) in [5.41, 5.74) is 1.34. The number of benzene rings is 3. The average molecular weight is 528 g/mol. The highest BCUT2D eigenvalue weighted by atomic mass is 35.5. The molecule has 3 unspecified atom stereocenters. The molecule has 6 rings (SSSR count). The highest BCUT2D eigenvalue weighted by Gasteiger charge is 2.77. The van der Waals surface area contributed by atoms with Gasteiger partial charge in [-0.15, -0.1) is 0 Å². The third kappa shape index (κ3) is 3.28. The van der Waals surface area contributed by atoms with Gasteiger partial charge >= 0.3 is 6.03 Å². The van der Waals surface area contributed by atoms with Gasteiger partial charge in [-0.25, -0.2) is 9.69 Å². The summed E-state index contributed by atoms with van der Waals surface area (Å²) in [4.78, 5) is 60.4. The van der Waals surface area contributed by atoms with Crippen molar-refractivity contribution >= 4 is 41.0 Å². The fourth-order valence-electron chi connectivity index (χ4n) is 6.46. The SMILES string of the molecule is CCN1C(=O)C2C(c3ccc(C)cc3)N3C(=O)N(c4ccccc4)C(=O)[C@@]3(Cc3ccc(Cl)cc3)C2C1=O. The van der Waals surface area contributed by atoms with Crippen molar-refractivity contribution in [2.45, 2.75) is 31.8 Å². The molecule has 3 aromatic rings. The van der Waals surface area contributed by atoms with Gasteiger partial charge < -0.3 is 4.90 Å². The van der Waals surface area contributed by atoms with Crippen LogP contribution in [0.4, 0.5) is 10.5 Å². The number of carbonyl (C=O) groups is 4. The molecule has 8 heteroatoms. The third-order valence-electron chi connectivity index (χ3n) is 8.11. The molecule has 4 atom stereocenters. The third-order valence-corrected chi connectivity index (χ3v) is 8.36. The molecule has 3 aromatic carbocycles. The lowest BCUT2D eigenvalue weighted by Crippen LogP contribution is -2.55. The molecule has 3 aliphatic heterocycles. The average Bonchev–Trinajstić information content (AvgIpc) is 3.44. The van der Waals surface area contributed by atoms with Crippen LogP contribution in [0.5, 0.6) is 0 Å². The zero-order valence-corrected chi connectivity index (χ0v) is 21.8. The highest BCUT2D eigenvalue weighted by molar-refractivity contribution is 6.30. The first kappa shape index (κ1) is 24.4. The molecule has 0 saturated carbocycles. The number of halogens is 1. The van der Waals surface area contributed by atoms with E-state index in [0.717, 1.165) is 16.7 Å². The minimum absolute atomic E-state index is 0.0815. The van der Waals surface area contributed by atoms with E-state index in [9.17, 15) is 19.2 Å². The molecule has 3 heterocycles. The van der Waals surface area contributed by atoms with Gasteiger partial charge in [0.05, 0.1) is 23.6 Å². The predicted molar refractivity (Wildman–Crippen MR) is 142 cm³/mol. The second-order valence-electron chi connectivity index (χ2n) is 10.1. The standard InChI is InChI=1S/C30H26ClN3O4/c1-3-32-26(35)23-24(27(32)36)30(17-19-11-15-21(31)16-12-19)28(37)33(22-7-5-4-6-8-22)29(38)34(30)25(23)20-13-9-18(2)10-14-20/h4-16,23-25H,3,17H2,1-2H3/t23?,24?,25?,30-/m1/s1. The van der Waals surface area contributed by atoms with Crippen LogP contribution in [0.2, 0.25) is 5.02 Å². The van der Waals surface area contributed by atoms with Crippen molar-refractivity contribution in [2.24, 2.45) is 11.8 Å². The quantitative estimate of drug-likeness (QED) is 0.353. The Morgan fingerprint density at radius 3 is 2.13 bits per heavy atom. The fourth-order valence-corrected chi connectivity index (χ4v) is 6.59. The fraction of sp³-hybridized carbons (Fsp3) is 0.267. The van der Waals surface area contributed by atoms with Gasteiger partial charge in [-0.05, 0) is 49.2 Å². The number of amides is 5. The smallest absolute Gasteiger partial charge is 0.300 e. The van der Waals surface area contributed by atoms with E-state index in [4.69, 9.17) is 11.6 Å². The monoisotopic (exact) mass is 527 g/mol. The first-order valence-electron chi connectivity index (χ1n) is 12.7. The van der Waals surface area contributed by atoms with Crippen LogP contribution in [0.25, 0.3) is 0 Å². The van der Waals surface area contributed by atoms with Crippen molar-refractivity contribution in [3.05, 3.63) is 101 Å². The molecule has 0 aliphatic carbocycles. The molecule has 0 radical (unpaired) electrons. The summed E-state index contributed by atoms with van der Waals surface area (Å²) in [5.74, 6) is -3.12. The lowest BCUT2D eigenvalue weighted by Gasteiger charge is -2.35. The first-order chi connectivity index (χ1) is 18.3. The normalized spacial score (nSPS) is 26.4. The summed E-state index contributed by atoms with van der Waals surface area (Å²) >= 11 is 6.13. The summed E-state index contributed by atoms with van der Waals surface area (Å²) in [6.07, 6.45) is 0.0815. The van der Waals surface area contributed by atoms with Gasteiger partial charge in [-0.1, -0.05) is 71.8 Å². The van der Waals surface area contributed by atoms with Crippen molar-refractivity contribution in [1.82, 2.24) is 9.80 Å². The number of carbonyl (C=O) groups excluding carboxylic acids is 4. The van der Waals surface area contributed by atoms with E-state index in [-0.39, 0.29) is 18.9 Å². The molecule has 192 valence electrons. The Morgan fingerprint density at radius 1 is 0.842 bits per heavy atom. The summed E-state index contributed by atoms with van der Waals surface area (Å²) in [6, 6.07) is 22.1. The van der Waals surface area contributed by atoms with Crippen molar-refractivity contribution < 1.29 is 19.2 Å². The van der Waals surface area contributed by atoms with Crippen molar-refractivity contribution in [3.63, 3.8) is 0 Å². The summed E-state index contributed by atoms with van der Waals surface area (Å²) in [6.45, 7) is 3.91. The first-order valence-corrected chi connectivity index (χ1v) is 13.1. The van der Waals surface area contributed by atoms with Gasteiger partial charge in [0.1, 0.15) is 5.54 Å². The minimum Gasteiger partial charge on any atom is -0.300 e. The summed E-state index contributed by atoms with van der Waals surface area (Å²) in [5, 5.41) is 0.536. The molecule has 0 bridgehead atoms. The van der Waals surface area contributed by atoms with Crippen LogP contribution in [-0.2, 0) is 20.8 Å². The van der Waals surface area contributed by atoms with Crippen LogP contribution in [0, 0.1) is 18.8 Å². The van der Waals surface area contributed by atoms with Crippen molar-refractivity contribution in [2.75, 3.05) is 11.4 Å². The number of para-hydroxylation sites is 1. The number of urea groups is 1. The van der Waals surface area contributed by atoms with Crippen molar-refractivity contribution in [1.29, 1.82) is 0 Å². The number of hydrogen-bond acceptors (Lipinski definition) is 4. The van der Waals surface area contributed by atoms with Crippen LogP contribution in [0.1, 0.15) is 29.7 Å². The molecule has 38 heavy (non-hydrogen) atoms. The van der Waals surface area contributed by atoms with E-state index in [0.29, 0.717) is 10.7 Å². The number of fused-ring (bicyclic) bond motifs is 3. The van der Waals surface area contributed by atoms with Gasteiger partial charge in [-0.3, -0.25) is 19.3 Å². The van der Waals surface area contributed by atoms with Crippen molar-refractivity contribution in [3.8, 4) is 0 Å². The number of rotatable bonds is 5. The number of likely N-dealkylation sites (tertiary alicyclic amines) is 1. The predicted octanol–water partition coefficient (Wildman–Crippen LogP) is 4.77. The number of anilines is 1. The van der Waals surface area contributed by atoms with Crippen LogP contribution in [-0.4, -0.2) is 45.6 Å². The highest BCUT2D eigenvalue weighted by Crippen LogP contribution is 2.59. The number of imide groups is 2. The molecule has 0 N–H and O–H groups in total. The maximum Gasteiger partial charge on any atom is 0.332 e. The largest absolute Gasteiger partial charge is 0.332 e. The topological polar surface area (TPSA) is 78.0 Å². The van der Waals surface area contributed by atoms with Crippen LogP contribution >= 0.6 is 11.6 Å². The lowest BCUT2D eigenvalue weighted by molar-refractivity contribution is -0.144. The number of aryl methyl sites for hydroxylation is 1. The van der Waals surface area contributed by atoms with E-state index in [1.807, 2.05) is 37.3 Å². The molecule has 0 aromatic heterocycles. The summed E-state index contributed by atoms with van der Waals surface area (Å²) < 4.78 is 0. The molecule has 5 amide bonds. The minimum atomic E-state index is -1.57. The second-order valence-corrected chi connectivity index (χ2v) is 10.6.